The zero-order chi connectivity index (χ0) is 38.0. The number of unbranched alkanes of at least 4 members (excludes halogenated alkanes) is 2. The molecule has 1 aliphatic heterocycles. The Labute approximate surface area is 313 Å². The lowest BCUT2D eigenvalue weighted by Gasteiger charge is -2.34. The van der Waals surface area contributed by atoms with Crippen molar-refractivity contribution < 1.29 is 38.9 Å². The Morgan fingerprint density at radius 1 is 0.942 bits per heavy atom. The number of nitrogens with zero attached hydrogens (tertiary/aromatic N) is 1. The van der Waals surface area contributed by atoms with E-state index < -0.39 is 47.8 Å². The number of fused-ring (bicyclic) bond motifs is 1. The molecule has 278 valence electrons. The van der Waals surface area contributed by atoms with Gasteiger partial charge in [0, 0.05) is 10.6 Å². The number of rotatable bonds is 17. The molecule has 0 aromatic heterocycles. The third kappa shape index (κ3) is 9.29. The van der Waals surface area contributed by atoms with Crippen molar-refractivity contribution in [3.8, 4) is 11.5 Å². The molecule has 0 bridgehead atoms. The molecule has 52 heavy (non-hydrogen) atoms. The molecule has 4 rings (SSSR count). The molecule has 2 atom stereocenters. The summed E-state index contributed by atoms with van der Waals surface area (Å²) in [4.78, 5) is 70.3. The fourth-order valence-electron chi connectivity index (χ4n) is 6.06. The SMILES string of the molecule is CCCCC1(CCCC)C(=O)Sc2cc(OCC(=O)N[C@@H](C(=O)N[C@H](C(=O)O)C(C)C)c3ccc(O)cc3)c(SC)cc2N(c2ccccc2)C1=O. The lowest BCUT2D eigenvalue weighted by Crippen LogP contribution is -2.49. The number of carbonyl (C=O) groups is 5. The molecule has 0 radical (unpaired) electrons. The van der Waals surface area contributed by atoms with Crippen LogP contribution in [0, 0.1) is 11.3 Å². The monoisotopic (exact) mass is 749 g/mol. The Morgan fingerprint density at radius 3 is 2.13 bits per heavy atom. The van der Waals surface area contributed by atoms with Gasteiger partial charge in [-0.1, -0.05) is 83.7 Å². The molecule has 0 unspecified atom stereocenters. The van der Waals surface area contributed by atoms with Crippen LogP contribution in [0.15, 0.2) is 76.5 Å². The average molecular weight is 750 g/mol. The van der Waals surface area contributed by atoms with Crippen molar-refractivity contribution in [2.24, 2.45) is 11.3 Å². The first-order chi connectivity index (χ1) is 24.9. The van der Waals surface area contributed by atoms with Gasteiger partial charge < -0.3 is 25.6 Å². The van der Waals surface area contributed by atoms with E-state index in [2.05, 4.69) is 10.6 Å². The first-order valence-corrected chi connectivity index (χ1v) is 19.5. The van der Waals surface area contributed by atoms with Gasteiger partial charge in [-0.2, -0.15) is 0 Å². The number of carboxylic acids is 1. The zero-order valence-corrected chi connectivity index (χ0v) is 31.8. The maximum Gasteiger partial charge on any atom is 0.326 e. The van der Waals surface area contributed by atoms with Gasteiger partial charge in [-0.3, -0.25) is 24.1 Å². The zero-order valence-electron chi connectivity index (χ0n) is 30.1. The fraction of sp³-hybridized carbons (Fsp3) is 0.410. The van der Waals surface area contributed by atoms with Crippen molar-refractivity contribution in [2.45, 2.75) is 88.1 Å². The minimum absolute atomic E-state index is 0.0483. The van der Waals surface area contributed by atoms with Gasteiger partial charge in [0.15, 0.2) is 6.61 Å². The first kappa shape index (κ1) is 40.3. The summed E-state index contributed by atoms with van der Waals surface area (Å²) < 4.78 is 6.05. The topological polar surface area (TPSA) is 162 Å². The van der Waals surface area contributed by atoms with E-state index in [0.717, 1.165) is 37.4 Å². The molecule has 11 nitrogen and oxygen atoms in total. The van der Waals surface area contributed by atoms with E-state index in [1.165, 1.54) is 36.0 Å². The summed E-state index contributed by atoms with van der Waals surface area (Å²) in [7, 11) is 0. The molecule has 1 heterocycles. The fourth-order valence-corrected chi connectivity index (χ4v) is 7.72. The molecule has 13 heteroatoms. The number of anilines is 2. The highest BCUT2D eigenvalue weighted by Gasteiger charge is 2.50. The summed E-state index contributed by atoms with van der Waals surface area (Å²) in [5.74, 6) is -3.05. The Balaban J connectivity index is 1.67. The number of phenolic OH excluding ortho intramolecular Hbond substituents is 1. The molecule has 0 saturated heterocycles. The molecule has 4 N–H and O–H groups in total. The van der Waals surface area contributed by atoms with Gasteiger partial charge in [-0.15, -0.1) is 11.8 Å². The van der Waals surface area contributed by atoms with Crippen LogP contribution >= 0.6 is 23.5 Å². The minimum Gasteiger partial charge on any atom is -0.508 e. The summed E-state index contributed by atoms with van der Waals surface area (Å²) in [5.41, 5.74) is 0.294. The summed E-state index contributed by atoms with van der Waals surface area (Å²) >= 11 is 2.37. The lowest BCUT2D eigenvalue weighted by atomic mass is 9.77. The van der Waals surface area contributed by atoms with Crippen LogP contribution in [-0.2, 0) is 24.0 Å². The van der Waals surface area contributed by atoms with Gasteiger partial charge in [0.05, 0.1) is 10.6 Å². The van der Waals surface area contributed by atoms with Crippen LogP contribution in [0.3, 0.4) is 0 Å². The number of hydrogen-bond acceptors (Lipinski definition) is 9. The second-order valence-corrected chi connectivity index (χ2v) is 14.9. The van der Waals surface area contributed by atoms with E-state index in [-0.39, 0.29) is 16.8 Å². The van der Waals surface area contributed by atoms with Crippen LogP contribution in [0.25, 0.3) is 0 Å². The highest BCUT2D eigenvalue weighted by molar-refractivity contribution is 8.14. The molecule has 3 aromatic rings. The van der Waals surface area contributed by atoms with Crippen LogP contribution in [0.2, 0.25) is 0 Å². The van der Waals surface area contributed by atoms with Gasteiger partial charge in [-0.25, -0.2) is 4.79 Å². The van der Waals surface area contributed by atoms with Gasteiger partial charge in [-0.05, 0) is 78.7 Å². The standard InChI is InChI=1S/C39H47N3O8S2/c1-6-8-19-39(20-9-7-2)37(48)42(26-13-11-10-12-14-26)28-21-31(51-5)29(22-30(28)52-38(39)49)50-23-32(44)40-34(25-15-17-27(43)18-16-25)35(45)41-33(24(3)4)36(46)47/h10-18,21-22,24,33-34,43H,6-9,19-20,23H2,1-5H3,(H,40,44)(H,41,45)(H,46,47)/t33-,34+/m0/s1. The van der Waals surface area contributed by atoms with Crippen LogP contribution in [0.5, 0.6) is 11.5 Å². The van der Waals surface area contributed by atoms with Crippen molar-refractivity contribution in [3.05, 3.63) is 72.3 Å². The van der Waals surface area contributed by atoms with E-state index in [4.69, 9.17) is 4.74 Å². The number of phenols is 1. The minimum atomic E-state index is -1.29. The first-order valence-electron chi connectivity index (χ1n) is 17.4. The second kappa shape index (κ2) is 18.3. The van der Waals surface area contributed by atoms with Crippen molar-refractivity contribution in [2.75, 3.05) is 17.8 Å². The van der Waals surface area contributed by atoms with Gasteiger partial charge in [0.25, 0.3) is 5.91 Å². The molecule has 0 saturated carbocycles. The summed E-state index contributed by atoms with van der Waals surface area (Å²) in [6.07, 6.45) is 5.82. The van der Waals surface area contributed by atoms with Gasteiger partial charge >= 0.3 is 5.97 Å². The Morgan fingerprint density at radius 2 is 1.58 bits per heavy atom. The molecule has 0 fully saturated rings. The van der Waals surface area contributed by atoms with Crippen molar-refractivity contribution in [3.63, 3.8) is 0 Å². The third-order valence-corrected chi connectivity index (χ3v) is 10.9. The highest BCUT2D eigenvalue weighted by Crippen LogP contribution is 2.51. The van der Waals surface area contributed by atoms with Crippen LogP contribution in [-0.4, -0.2) is 57.9 Å². The van der Waals surface area contributed by atoms with Crippen LogP contribution < -0.4 is 20.3 Å². The summed E-state index contributed by atoms with van der Waals surface area (Å²) in [6.45, 7) is 6.87. The number of aromatic hydroxyl groups is 1. The van der Waals surface area contributed by atoms with Crippen molar-refractivity contribution in [1.82, 2.24) is 10.6 Å². The number of nitrogens with one attached hydrogen (secondary N) is 2. The number of amides is 3. The number of hydrogen-bond donors (Lipinski definition) is 4. The average Bonchev–Trinajstić information content (AvgIpc) is 3.21. The maximum atomic E-state index is 14.7. The number of benzene rings is 3. The molecule has 1 aliphatic rings. The van der Waals surface area contributed by atoms with E-state index >= 15 is 0 Å². The Bertz CT molecular complexity index is 1740. The van der Waals surface area contributed by atoms with Crippen molar-refractivity contribution in [1.29, 1.82) is 0 Å². The molecule has 3 aromatic carbocycles. The quantitative estimate of drug-likeness (QED) is 0.0818. The molecule has 3 amide bonds. The number of ether oxygens (including phenoxy) is 1. The molecular weight excluding hydrogens is 703 g/mol. The number of thioether (sulfide) groups is 2. The number of aliphatic carboxylic acids is 1. The maximum absolute atomic E-state index is 14.7. The number of carbonyl (C=O) groups excluding carboxylic acids is 4. The number of carboxylic acid groups (broad SMARTS) is 1. The second-order valence-electron chi connectivity index (χ2n) is 13.1. The normalized spacial score (nSPS) is 15.0. The van der Waals surface area contributed by atoms with E-state index in [1.807, 2.05) is 50.4 Å². The Hall–Kier alpha value is -4.49. The molecular formula is C39H47N3O8S2. The molecule has 0 spiro atoms. The van der Waals surface area contributed by atoms with Crippen LogP contribution in [0.1, 0.15) is 77.8 Å². The summed E-state index contributed by atoms with van der Waals surface area (Å²) in [6, 6.07) is 15.9. The van der Waals surface area contributed by atoms with Crippen molar-refractivity contribution >= 4 is 63.7 Å². The summed E-state index contributed by atoms with van der Waals surface area (Å²) in [5, 5.41) is 24.4. The van der Waals surface area contributed by atoms with E-state index in [9.17, 15) is 34.2 Å². The van der Waals surface area contributed by atoms with Gasteiger partial charge in [0.2, 0.25) is 16.9 Å². The smallest absolute Gasteiger partial charge is 0.326 e. The van der Waals surface area contributed by atoms with E-state index in [1.54, 1.807) is 30.9 Å². The highest BCUT2D eigenvalue weighted by atomic mass is 32.2. The van der Waals surface area contributed by atoms with Crippen LogP contribution in [0.4, 0.5) is 11.4 Å². The molecule has 0 aliphatic carbocycles. The predicted octanol–water partition coefficient (Wildman–Crippen LogP) is 7.24. The van der Waals surface area contributed by atoms with Gasteiger partial charge in [0.1, 0.15) is 29.0 Å². The predicted molar refractivity (Wildman–Crippen MR) is 203 cm³/mol. The number of para-hydroxylation sites is 1. The largest absolute Gasteiger partial charge is 0.508 e. The lowest BCUT2D eigenvalue weighted by molar-refractivity contribution is -0.143. The third-order valence-electron chi connectivity index (χ3n) is 9.00. The van der Waals surface area contributed by atoms with E-state index in [0.29, 0.717) is 45.3 Å². The Kier molecular flexibility index (Phi) is 14.2.